The maximum atomic E-state index is 12.0. The molecule has 1 aliphatic carbocycles. The number of nitrogens with zero attached hydrogens (tertiary/aromatic N) is 2. The molecule has 1 saturated heterocycles. The monoisotopic (exact) mass is 239 g/mol. The number of carbonyl (C=O) groups excluding carboxylic acids is 1. The van der Waals surface area contributed by atoms with Gasteiger partial charge in [0.25, 0.3) is 0 Å². The first-order valence-corrected chi connectivity index (χ1v) is 6.85. The summed E-state index contributed by atoms with van der Waals surface area (Å²) >= 11 is 0. The van der Waals surface area contributed by atoms with Crippen LogP contribution in [0.25, 0.3) is 0 Å². The largest absolute Gasteiger partial charge is 0.340 e. The molecule has 1 aliphatic heterocycles. The molecule has 1 atom stereocenters. The van der Waals surface area contributed by atoms with E-state index >= 15 is 0 Å². The lowest BCUT2D eigenvalue weighted by Gasteiger charge is -2.37. The van der Waals surface area contributed by atoms with Gasteiger partial charge >= 0.3 is 0 Å². The van der Waals surface area contributed by atoms with Crippen molar-refractivity contribution in [2.24, 2.45) is 11.7 Å². The number of hydrogen-bond donors (Lipinski definition) is 1. The van der Waals surface area contributed by atoms with E-state index in [2.05, 4.69) is 18.7 Å². The van der Waals surface area contributed by atoms with Crippen molar-refractivity contribution in [2.75, 3.05) is 26.2 Å². The van der Waals surface area contributed by atoms with Crippen LogP contribution in [-0.4, -0.2) is 54.0 Å². The summed E-state index contributed by atoms with van der Waals surface area (Å²) in [4.78, 5) is 16.5. The molecule has 2 rings (SSSR count). The Morgan fingerprint density at radius 3 is 2.29 bits per heavy atom. The molecule has 2 N–H and O–H groups in total. The van der Waals surface area contributed by atoms with E-state index in [9.17, 15) is 4.79 Å². The summed E-state index contributed by atoms with van der Waals surface area (Å²) < 4.78 is 0. The summed E-state index contributed by atoms with van der Waals surface area (Å²) in [7, 11) is 0. The molecule has 0 aromatic heterocycles. The molecule has 1 unspecified atom stereocenters. The third-order valence-electron chi connectivity index (χ3n) is 4.04. The molecule has 0 aromatic rings. The molecule has 17 heavy (non-hydrogen) atoms. The summed E-state index contributed by atoms with van der Waals surface area (Å²) in [6.45, 7) is 8.16. The highest BCUT2D eigenvalue weighted by Crippen LogP contribution is 2.33. The van der Waals surface area contributed by atoms with Crippen LogP contribution in [0, 0.1) is 5.92 Å². The Kier molecular flexibility index (Phi) is 4.05. The molecule has 0 spiro atoms. The van der Waals surface area contributed by atoms with Crippen LogP contribution >= 0.6 is 0 Å². The van der Waals surface area contributed by atoms with Gasteiger partial charge in [-0.3, -0.25) is 9.69 Å². The van der Waals surface area contributed by atoms with Crippen LogP contribution in [0.5, 0.6) is 0 Å². The minimum atomic E-state index is 0.102. The number of piperazine rings is 1. The highest BCUT2D eigenvalue weighted by atomic mass is 16.2. The van der Waals surface area contributed by atoms with Crippen molar-refractivity contribution in [1.29, 1.82) is 0 Å². The smallest absolute Gasteiger partial charge is 0.224 e. The van der Waals surface area contributed by atoms with Gasteiger partial charge in [0, 0.05) is 44.7 Å². The SMILES string of the molecule is CC(C)N1CCN(C(=O)CC(N)C2CC2)CC1. The first-order valence-electron chi connectivity index (χ1n) is 6.85. The van der Waals surface area contributed by atoms with Gasteiger partial charge in [-0.05, 0) is 32.6 Å². The van der Waals surface area contributed by atoms with Crippen molar-refractivity contribution in [3.8, 4) is 0 Å². The van der Waals surface area contributed by atoms with Gasteiger partial charge in [0.1, 0.15) is 0 Å². The second kappa shape index (κ2) is 5.36. The Bertz CT molecular complexity index is 268. The van der Waals surface area contributed by atoms with Crippen LogP contribution in [0.3, 0.4) is 0 Å². The normalized spacial score (nSPS) is 24.1. The van der Waals surface area contributed by atoms with Crippen LogP contribution in [-0.2, 0) is 4.79 Å². The Morgan fingerprint density at radius 1 is 1.24 bits per heavy atom. The number of amides is 1. The quantitative estimate of drug-likeness (QED) is 0.784. The topological polar surface area (TPSA) is 49.6 Å². The summed E-state index contributed by atoms with van der Waals surface area (Å²) in [6, 6.07) is 0.687. The fourth-order valence-corrected chi connectivity index (χ4v) is 2.51. The molecule has 0 bridgehead atoms. The third-order valence-corrected chi connectivity index (χ3v) is 4.04. The van der Waals surface area contributed by atoms with Crippen molar-refractivity contribution >= 4 is 5.91 Å². The predicted octanol–water partition coefficient (Wildman–Crippen LogP) is 0.666. The Hall–Kier alpha value is -0.610. The zero-order valence-corrected chi connectivity index (χ0v) is 11.1. The highest BCUT2D eigenvalue weighted by molar-refractivity contribution is 5.77. The van der Waals surface area contributed by atoms with Gasteiger partial charge in [-0.2, -0.15) is 0 Å². The lowest BCUT2D eigenvalue weighted by molar-refractivity contribution is -0.133. The first-order chi connectivity index (χ1) is 8.08. The Labute approximate surface area is 104 Å². The number of hydrogen-bond acceptors (Lipinski definition) is 3. The molecule has 2 aliphatic rings. The molecule has 4 heteroatoms. The summed E-state index contributed by atoms with van der Waals surface area (Å²) in [6.07, 6.45) is 2.98. The van der Waals surface area contributed by atoms with E-state index in [0.29, 0.717) is 18.4 Å². The summed E-state index contributed by atoms with van der Waals surface area (Å²) in [5, 5.41) is 0. The third kappa shape index (κ3) is 3.42. The second-order valence-electron chi connectivity index (χ2n) is 5.72. The van der Waals surface area contributed by atoms with Crippen molar-refractivity contribution in [1.82, 2.24) is 9.80 Å². The molecule has 0 radical (unpaired) electrons. The minimum absolute atomic E-state index is 0.102. The van der Waals surface area contributed by atoms with Gasteiger partial charge < -0.3 is 10.6 Å². The van der Waals surface area contributed by atoms with E-state index in [1.807, 2.05) is 4.90 Å². The molecular weight excluding hydrogens is 214 g/mol. The van der Waals surface area contributed by atoms with Crippen LogP contribution in [0.2, 0.25) is 0 Å². The molecule has 2 fully saturated rings. The maximum Gasteiger partial charge on any atom is 0.224 e. The molecule has 4 nitrogen and oxygen atoms in total. The molecule has 1 amide bonds. The van der Waals surface area contributed by atoms with Crippen LogP contribution in [0.4, 0.5) is 0 Å². The molecular formula is C13H25N3O. The molecule has 0 aromatic carbocycles. The average Bonchev–Trinajstić information content (AvgIpc) is 3.12. The Morgan fingerprint density at radius 2 is 1.82 bits per heavy atom. The van der Waals surface area contributed by atoms with Crippen molar-refractivity contribution in [2.45, 2.75) is 45.2 Å². The average molecular weight is 239 g/mol. The molecule has 1 saturated carbocycles. The maximum absolute atomic E-state index is 12.0. The van der Waals surface area contributed by atoms with Gasteiger partial charge in [0.05, 0.1) is 0 Å². The first kappa shape index (κ1) is 12.8. The Balaban J connectivity index is 1.73. The van der Waals surface area contributed by atoms with Crippen LogP contribution in [0.15, 0.2) is 0 Å². The van der Waals surface area contributed by atoms with E-state index in [1.165, 1.54) is 12.8 Å². The van der Waals surface area contributed by atoms with E-state index < -0.39 is 0 Å². The number of nitrogens with two attached hydrogens (primary N) is 1. The minimum Gasteiger partial charge on any atom is -0.340 e. The zero-order chi connectivity index (χ0) is 12.4. The van der Waals surface area contributed by atoms with E-state index in [-0.39, 0.29) is 11.9 Å². The zero-order valence-electron chi connectivity index (χ0n) is 11.1. The number of carbonyl (C=O) groups is 1. The van der Waals surface area contributed by atoms with E-state index in [0.717, 1.165) is 26.2 Å². The van der Waals surface area contributed by atoms with Crippen molar-refractivity contribution < 1.29 is 4.79 Å². The van der Waals surface area contributed by atoms with Gasteiger partial charge in [-0.25, -0.2) is 0 Å². The molecule has 1 heterocycles. The number of rotatable bonds is 4. The fraction of sp³-hybridized carbons (Fsp3) is 0.923. The van der Waals surface area contributed by atoms with Crippen LogP contribution in [0.1, 0.15) is 33.1 Å². The second-order valence-corrected chi connectivity index (χ2v) is 5.72. The van der Waals surface area contributed by atoms with Crippen molar-refractivity contribution in [3.05, 3.63) is 0 Å². The fourth-order valence-electron chi connectivity index (χ4n) is 2.51. The van der Waals surface area contributed by atoms with Crippen molar-refractivity contribution in [3.63, 3.8) is 0 Å². The lowest BCUT2D eigenvalue weighted by Crippen LogP contribution is -2.51. The summed E-state index contributed by atoms with van der Waals surface area (Å²) in [5.74, 6) is 0.878. The summed E-state index contributed by atoms with van der Waals surface area (Å²) in [5.41, 5.74) is 6.00. The molecule has 98 valence electrons. The lowest BCUT2D eigenvalue weighted by atomic mass is 10.1. The van der Waals surface area contributed by atoms with Gasteiger partial charge in [-0.15, -0.1) is 0 Å². The van der Waals surface area contributed by atoms with Gasteiger partial charge in [-0.1, -0.05) is 0 Å². The predicted molar refractivity (Wildman–Crippen MR) is 68.6 cm³/mol. The van der Waals surface area contributed by atoms with E-state index in [1.54, 1.807) is 0 Å². The van der Waals surface area contributed by atoms with E-state index in [4.69, 9.17) is 5.73 Å². The highest BCUT2D eigenvalue weighted by Gasteiger charge is 2.31. The van der Waals surface area contributed by atoms with Gasteiger partial charge in [0.2, 0.25) is 5.91 Å². The van der Waals surface area contributed by atoms with Gasteiger partial charge in [0.15, 0.2) is 0 Å². The van der Waals surface area contributed by atoms with Crippen LogP contribution < -0.4 is 5.73 Å². The standard InChI is InChI=1S/C13H25N3O/c1-10(2)15-5-7-16(8-6-15)13(17)9-12(14)11-3-4-11/h10-12H,3-9,14H2,1-2H3.